The van der Waals surface area contributed by atoms with Gasteiger partial charge in [-0.2, -0.15) is 0 Å². The molecule has 90 valence electrons. The maximum Gasteiger partial charge on any atom is 0.122 e. The zero-order valence-electron chi connectivity index (χ0n) is 10.8. The predicted molar refractivity (Wildman–Crippen MR) is 68.8 cm³/mol. The van der Waals surface area contributed by atoms with Crippen LogP contribution in [0.4, 0.5) is 0 Å². The molecule has 16 heavy (non-hydrogen) atoms. The van der Waals surface area contributed by atoms with Gasteiger partial charge in [-0.3, -0.25) is 0 Å². The number of hydrogen-bond acceptors (Lipinski definition) is 2. The fourth-order valence-corrected chi connectivity index (χ4v) is 1.72. The van der Waals surface area contributed by atoms with E-state index in [1.807, 2.05) is 13.0 Å². The van der Waals surface area contributed by atoms with Gasteiger partial charge < -0.3 is 10.5 Å². The van der Waals surface area contributed by atoms with E-state index in [1.54, 1.807) is 0 Å². The van der Waals surface area contributed by atoms with Crippen LogP contribution in [-0.2, 0) is 0 Å². The minimum atomic E-state index is 0.0842. The van der Waals surface area contributed by atoms with E-state index in [0.29, 0.717) is 6.10 Å². The van der Waals surface area contributed by atoms with Crippen LogP contribution in [0.15, 0.2) is 18.2 Å². The Balaban J connectivity index is 2.82. The summed E-state index contributed by atoms with van der Waals surface area (Å²) in [5.74, 6) is 0.984. The van der Waals surface area contributed by atoms with Gasteiger partial charge in [-0.1, -0.05) is 26.0 Å². The van der Waals surface area contributed by atoms with Gasteiger partial charge in [0.1, 0.15) is 5.75 Å². The molecule has 0 saturated heterocycles. The van der Waals surface area contributed by atoms with Crippen LogP contribution in [0.1, 0.15) is 50.8 Å². The number of rotatable bonds is 5. The highest BCUT2D eigenvalue weighted by atomic mass is 16.5. The monoisotopic (exact) mass is 221 g/mol. The average molecular weight is 221 g/mol. The molecule has 0 aliphatic carbocycles. The molecular formula is C14H23NO. The second kappa shape index (κ2) is 5.90. The van der Waals surface area contributed by atoms with E-state index in [1.165, 1.54) is 5.56 Å². The van der Waals surface area contributed by atoms with E-state index >= 15 is 0 Å². The first kappa shape index (κ1) is 13.0. The van der Waals surface area contributed by atoms with Gasteiger partial charge in [0, 0.05) is 6.04 Å². The van der Waals surface area contributed by atoms with Crippen molar-refractivity contribution >= 4 is 0 Å². The second-order valence-electron chi connectivity index (χ2n) is 4.37. The number of nitrogens with two attached hydrogens (primary N) is 1. The molecule has 0 aliphatic heterocycles. The normalized spacial score (nSPS) is 12.9. The molecule has 1 aromatic carbocycles. The van der Waals surface area contributed by atoms with Gasteiger partial charge in [0.2, 0.25) is 0 Å². The quantitative estimate of drug-likeness (QED) is 0.824. The third-order valence-corrected chi connectivity index (χ3v) is 2.93. The molecule has 1 aromatic rings. The van der Waals surface area contributed by atoms with Crippen LogP contribution in [0, 0.1) is 6.92 Å². The maximum atomic E-state index is 5.94. The molecule has 0 fully saturated rings. The Hall–Kier alpha value is -1.02. The highest BCUT2D eigenvalue weighted by Gasteiger charge is 2.08. The van der Waals surface area contributed by atoms with Gasteiger partial charge >= 0.3 is 0 Å². The first-order valence-electron chi connectivity index (χ1n) is 6.11. The zero-order chi connectivity index (χ0) is 12.1. The number of hydrogen-bond donors (Lipinski definition) is 1. The van der Waals surface area contributed by atoms with Gasteiger partial charge in [0.25, 0.3) is 0 Å². The third kappa shape index (κ3) is 3.24. The summed E-state index contributed by atoms with van der Waals surface area (Å²) in [7, 11) is 0. The van der Waals surface area contributed by atoms with Crippen LogP contribution in [0.2, 0.25) is 0 Å². The van der Waals surface area contributed by atoms with Crippen molar-refractivity contribution in [3.8, 4) is 5.75 Å². The predicted octanol–water partition coefficient (Wildman–Crippen LogP) is 3.58. The molecule has 1 rings (SSSR count). The Morgan fingerprint density at radius 1 is 1.25 bits per heavy atom. The summed E-state index contributed by atoms with van der Waals surface area (Å²) in [5, 5.41) is 0. The fourth-order valence-electron chi connectivity index (χ4n) is 1.72. The Bertz CT molecular complexity index is 330. The Morgan fingerprint density at radius 2 is 1.88 bits per heavy atom. The number of aryl methyl sites for hydroxylation is 1. The van der Waals surface area contributed by atoms with Crippen molar-refractivity contribution in [3.05, 3.63) is 29.3 Å². The van der Waals surface area contributed by atoms with E-state index in [4.69, 9.17) is 10.5 Å². The largest absolute Gasteiger partial charge is 0.490 e. The number of benzene rings is 1. The molecule has 0 amide bonds. The van der Waals surface area contributed by atoms with Gasteiger partial charge in [-0.05, 0) is 43.9 Å². The Labute approximate surface area is 98.8 Å². The van der Waals surface area contributed by atoms with E-state index in [0.717, 1.165) is 24.2 Å². The molecule has 1 unspecified atom stereocenters. The van der Waals surface area contributed by atoms with Crippen LogP contribution in [0.3, 0.4) is 0 Å². The number of ether oxygens (including phenoxy) is 1. The van der Waals surface area contributed by atoms with Crippen molar-refractivity contribution in [1.82, 2.24) is 0 Å². The fraction of sp³-hybridized carbons (Fsp3) is 0.571. The van der Waals surface area contributed by atoms with Crippen LogP contribution >= 0.6 is 0 Å². The van der Waals surface area contributed by atoms with Crippen molar-refractivity contribution in [2.24, 2.45) is 5.73 Å². The van der Waals surface area contributed by atoms with E-state index in [-0.39, 0.29) is 6.04 Å². The van der Waals surface area contributed by atoms with Crippen molar-refractivity contribution in [3.63, 3.8) is 0 Å². The maximum absolute atomic E-state index is 5.94. The molecule has 0 aromatic heterocycles. The summed E-state index contributed by atoms with van der Waals surface area (Å²) in [6.07, 6.45) is 2.41. The SMILES string of the molecule is CCC(CC)Oc1ccc(C(C)N)cc1C. The van der Waals surface area contributed by atoms with E-state index in [2.05, 4.69) is 32.9 Å². The second-order valence-corrected chi connectivity index (χ2v) is 4.37. The third-order valence-electron chi connectivity index (χ3n) is 2.93. The summed E-state index contributed by atoms with van der Waals surface area (Å²) >= 11 is 0. The summed E-state index contributed by atoms with van der Waals surface area (Å²) < 4.78 is 5.94. The smallest absolute Gasteiger partial charge is 0.122 e. The van der Waals surface area contributed by atoms with Gasteiger partial charge in [0.15, 0.2) is 0 Å². The molecule has 0 heterocycles. The first-order chi connectivity index (χ1) is 7.58. The molecule has 0 bridgehead atoms. The molecular weight excluding hydrogens is 198 g/mol. The Kier molecular flexibility index (Phi) is 4.81. The summed E-state index contributed by atoms with van der Waals surface area (Å²) in [4.78, 5) is 0. The Morgan fingerprint density at radius 3 is 2.31 bits per heavy atom. The zero-order valence-corrected chi connectivity index (χ0v) is 10.8. The molecule has 2 N–H and O–H groups in total. The van der Waals surface area contributed by atoms with Crippen LogP contribution in [0.25, 0.3) is 0 Å². The minimum absolute atomic E-state index is 0.0842. The van der Waals surface area contributed by atoms with Gasteiger partial charge in [-0.15, -0.1) is 0 Å². The lowest BCUT2D eigenvalue weighted by molar-refractivity contribution is 0.191. The molecule has 0 aliphatic rings. The lowest BCUT2D eigenvalue weighted by Crippen LogP contribution is -2.14. The summed E-state index contributed by atoms with van der Waals surface area (Å²) in [5.41, 5.74) is 8.18. The standard InChI is InChI=1S/C14H23NO/c1-5-13(6-2)16-14-8-7-12(11(4)15)9-10(14)3/h7-9,11,13H,5-6,15H2,1-4H3. The van der Waals surface area contributed by atoms with E-state index in [9.17, 15) is 0 Å². The van der Waals surface area contributed by atoms with Crippen LogP contribution in [0.5, 0.6) is 5.75 Å². The summed E-state index contributed by atoms with van der Waals surface area (Å²) in [6.45, 7) is 8.37. The van der Waals surface area contributed by atoms with Crippen molar-refractivity contribution in [1.29, 1.82) is 0 Å². The lowest BCUT2D eigenvalue weighted by Gasteiger charge is -2.18. The van der Waals surface area contributed by atoms with Gasteiger partial charge in [0.05, 0.1) is 6.10 Å². The van der Waals surface area contributed by atoms with Crippen LogP contribution < -0.4 is 10.5 Å². The lowest BCUT2D eigenvalue weighted by atomic mass is 10.1. The van der Waals surface area contributed by atoms with Crippen LogP contribution in [-0.4, -0.2) is 6.10 Å². The molecule has 1 atom stereocenters. The molecule has 0 radical (unpaired) electrons. The van der Waals surface area contributed by atoms with Crippen molar-refractivity contribution < 1.29 is 4.74 Å². The van der Waals surface area contributed by atoms with Gasteiger partial charge in [-0.25, -0.2) is 0 Å². The highest BCUT2D eigenvalue weighted by molar-refractivity contribution is 5.37. The topological polar surface area (TPSA) is 35.2 Å². The molecule has 2 heteroatoms. The van der Waals surface area contributed by atoms with E-state index < -0.39 is 0 Å². The minimum Gasteiger partial charge on any atom is -0.490 e. The first-order valence-corrected chi connectivity index (χ1v) is 6.11. The van der Waals surface area contributed by atoms with Crippen molar-refractivity contribution in [2.45, 2.75) is 52.7 Å². The highest BCUT2D eigenvalue weighted by Crippen LogP contribution is 2.23. The molecule has 0 spiro atoms. The molecule has 2 nitrogen and oxygen atoms in total. The summed E-state index contributed by atoms with van der Waals surface area (Å²) in [6, 6.07) is 6.28. The average Bonchev–Trinajstić information content (AvgIpc) is 2.27. The van der Waals surface area contributed by atoms with Crippen molar-refractivity contribution in [2.75, 3.05) is 0 Å². The molecule has 0 saturated carbocycles.